The summed E-state index contributed by atoms with van der Waals surface area (Å²) in [5.41, 5.74) is 1.10. The Labute approximate surface area is 132 Å². The molecule has 0 aliphatic rings. The summed E-state index contributed by atoms with van der Waals surface area (Å²) < 4.78 is 10.6. The van der Waals surface area contributed by atoms with Crippen molar-refractivity contribution in [2.45, 2.75) is 59.5 Å². The maximum absolute atomic E-state index is 11.8. The van der Waals surface area contributed by atoms with Crippen LogP contribution in [0, 0.1) is 5.92 Å². The van der Waals surface area contributed by atoms with Crippen molar-refractivity contribution in [3.8, 4) is 5.75 Å². The second-order valence-electron chi connectivity index (χ2n) is 5.66. The molecule has 0 spiro atoms. The SMILES string of the molecule is CCc1cccc(OC(=O)CCC(=O)OC(CC)C(C)C)c1. The highest BCUT2D eigenvalue weighted by Gasteiger charge is 2.17. The van der Waals surface area contributed by atoms with E-state index in [1.165, 1.54) is 0 Å². The number of benzene rings is 1. The van der Waals surface area contributed by atoms with Gasteiger partial charge >= 0.3 is 11.9 Å². The molecule has 0 aliphatic heterocycles. The number of aryl methyl sites for hydroxylation is 1. The molecule has 0 N–H and O–H groups in total. The fraction of sp³-hybridized carbons (Fsp3) is 0.556. The van der Waals surface area contributed by atoms with Gasteiger partial charge in [-0.2, -0.15) is 0 Å². The van der Waals surface area contributed by atoms with Gasteiger partial charge in [0.2, 0.25) is 0 Å². The van der Waals surface area contributed by atoms with Gasteiger partial charge in [0, 0.05) is 0 Å². The van der Waals surface area contributed by atoms with Crippen molar-refractivity contribution in [2.24, 2.45) is 5.92 Å². The first kappa shape index (κ1) is 18.2. The van der Waals surface area contributed by atoms with Gasteiger partial charge in [-0.05, 0) is 36.5 Å². The molecule has 0 saturated carbocycles. The molecule has 1 atom stereocenters. The summed E-state index contributed by atoms with van der Waals surface area (Å²) >= 11 is 0. The molecular weight excluding hydrogens is 280 g/mol. The number of carbonyl (C=O) groups excluding carboxylic acids is 2. The first-order valence-electron chi connectivity index (χ1n) is 7.95. The molecule has 0 fully saturated rings. The van der Waals surface area contributed by atoms with Crippen molar-refractivity contribution in [1.29, 1.82) is 0 Å². The molecule has 0 aliphatic carbocycles. The third-order valence-corrected chi connectivity index (χ3v) is 3.50. The molecule has 0 saturated heterocycles. The summed E-state index contributed by atoms with van der Waals surface area (Å²) in [7, 11) is 0. The molecule has 4 heteroatoms. The second kappa shape index (κ2) is 9.23. The third kappa shape index (κ3) is 6.29. The Morgan fingerprint density at radius 1 is 1.09 bits per heavy atom. The van der Waals surface area contributed by atoms with Crippen molar-refractivity contribution >= 4 is 11.9 Å². The van der Waals surface area contributed by atoms with Gasteiger partial charge < -0.3 is 9.47 Å². The van der Waals surface area contributed by atoms with Crippen molar-refractivity contribution in [2.75, 3.05) is 0 Å². The van der Waals surface area contributed by atoms with E-state index >= 15 is 0 Å². The van der Waals surface area contributed by atoms with E-state index < -0.39 is 5.97 Å². The summed E-state index contributed by atoms with van der Waals surface area (Å²) in [5, 5.41) is 0. The Kier molecular flexibility index (Phi) is 7.64. The van der Waals surface area contributed by atoms with Crippen molar-refractivity contribution in [3.05, 3.63) is 29.8 Å². The van der Waals surface area contributed by atoms with Crippen LogP contribution < -0.4 is 4.74 Å². The molecule has 0 radical (unpaired) electrons. The van der Waals surface area contributed by atoms with Gasteiger partial charge in [-0.1, -0.05) is 39.8 Å². The van der Waals surface area contributed by atoms with E-state index in [1.54, 1.807) is 6.07 Å². The molecule has 1 aromatic rings. The Hall–Kier alpha value is -1.84. The molecule has 1 unspecified atom stereocenters. The molecule has 0 bridgehead atoms. The van der Waals surface area contributed by atoms with E-state index in [0.29, 0.717) is 5.75 Å². The number of hydrogen-bond donors (Lipinski definition) is 0. The zero-order valence-corrected chi connectivity index (χ0v) is 13.9. The first-order valence-corrected chi connectivity index (χ1v) is 7.95. The van der Waals surface area contributed by atoms with E-state index in [-0.39, 0.29) is 30.8 Å². The molecule has 22 heavy (non-hydrogen) atoms. The number of rotatable bonds is 8. The average molecular weight is 306 g/mol. The number of esters is 2. The lowest BCUT2D eigenvalue weighted by Gasteiger charge is -2.19. The van der Waals surface area contributed by atoms with Crippen molar-refractivity contribution < 1.29 is 19.1 Å². The summed E-state index contributed by atoms with van der Waals surface area (Å²) in [5.74, 6) is 0.0339. The minimum atomic E-state index is -0.414. The van der Waals surface area contributed by atoms with Crippen LogP contribution in [-0.2, 0) is 20.7 Å². The zero-order valence-electron chi connectivity index (χ0n) is 13.9. The molecule has 0 amide bonds. The van der Waals surface area contributed by atoms with E-state index in [4.69, 9.17) is 9.47 Å². The predicted octanol–water partition coefficient (Wildman–Crippen LogP) is 3.91. The molecule has 122 valence electrons. The normalized spacial score (nSPS) is 12.0. The van der Waals surface area contributed by atoms with Gasteiger partial charge in [0.15, 0.2) is 0 Å². The number of hydrogen-bond acceptors (Lipinski definition) is 4. The van der Waals surface area contributed by atoms with Crippen LogP contribution >= 0.6 is 0 Å². The highest BCUT2D eigenvalue weighted by atomic mass is 16.5. The zero-order chi connectivity index (χ0) is 16.5. The highest BCUT2D eigenvalue weighted by molar-refractivity contribution is 5.79. The third-order valence-electron chi connectivity index (χ3n) is 3.50. The van der Waals surface area contributed by atoms with Crippen LogP contribution in [-0.4, -0.2) is 18.0 Å². The fourth-order valence-electron chi connectivity index (χ4n) is 2.13. The summed E-state index contributed by atoms with van der Waals surface area (Å²) in [4.78, 5) is 23.5. The topological polar surface area (TPSA) is 52.6 Å². The van der Waals surface area contributed by atoms with Crippen molar-refractivity contribution in [3.63, 3.8) is 0 Å². The largest absolute Gasteiger partial charge is 0.462 e. The molecule has 0 aromatic heterocycles. The highest BCUT2D eigenvalue weighted by Crippen LogP contribution is 2.15. The van der Waals surface area contributed by atoms with Crippen LogP contribution in [0.1, 0.15) is 52.5 Å². The quantitative estimate of drug-likeness (QED) is 0.539. The fourth-order valence-corrected chi connectivity index (χ4v) is 2.13. The van der Waals surface area contributed by atoms with Gasteiger partial charge in [-0.3, -0.25) is 9.59 Å². The predicted molar refractivity (Wildman–Crippen MR) is 85.7 cm³/mol. The summed E-state index contributed by atoms with van der Waals surface area (Å²) in [6.45, 7) is 8.04. The monoisotopic (exact) mass is 306 g/mol. The Morgan fingerprint density at radius 3 is 2.36 bits per heavy atom. The summed E-state index contributed by atoms with van der Waals surface area (Å²) in [6.07, 6.45) is 1.65. The van der Waals surface area contributed by atoms with E-state index in [9.17, 15) is 9.59 Å². The van der Waals surface area contributed by atoms with Crippen LogP contribution in [0.25, 0.3) is 0 Å². The second-order valence-corrected chi connectivity index (χ2v) is 5.66. The van der Waals surface area contributed by atoms with Crippen LogP contribution in [0.2, 0.25) is 0 Å². The minimum absolute atomic E-state index is 0.0315. The van der Waals surface area contributed by atoms with Gasteiger partial charge in [-0.25, -0.2) is 0 Å². The summed E-state index contributed by atoms with van der Waals surface area (Å²) in [6, 6.07) is 7.40. The van der Waals surface area contributed by atoms with Crippen molar-refractivity contribution in [1.82, 2.24) is 0 Å². The molecular formula is C18H26O4. The van der Waals surface area contributed by atoms with E-state index in [2.05, 4.69) is 0 Å². The Morgan fingerprint density at radius 2 is 1.77 bits per heavy atom. The molecule has 1 aromatic carbocycles. The van der Waals surface area contributed by atoms with E-state index in [0.717, 1.165) is 18.4 Å². The Balaban J connectivity index is 2.40. The van der Waals surface area contributed by atoms with Gasteiger partial charge in [0.05, 0.1) is 12.8 Å². The average Bonchev–Trinajstić information content (AvgIpc) is 2.50. The lowest BCUT2D eigenvalue weighted by molar-refractivity contribution is -0.153. The van der Waals surface area contributed by atoms with Crippen LogP contribution in [0.4, 0.5) is 0 Å². The van der Waals surface area contributed by atoms with E-state index in [1.807, 2.05) is 45.9 Å². The first-order chi connectivity index (χ1) is 10.5. The number of carbonyl (C=O) groups is 2. The lowest BCUT2D eigenvalue weighted by atomic mass is 10.1. The maximum atomic E-state index is 11.8. The standard InChI is InChI=1S/C18H26O4/c1-5-14-8-7-9-15(12-14)21-17(19)10-11-18(20)22-16(6-2)13(3)4/h7-9,12-13,16H,5-6,10-11H2,1-4H3. The minimum Gasteiger partial charge on any atom is -0.462 e. The van der Waals surface area contributed by atoms with Gasteiger partial charge in [0.25, 0.3) is 0 Å². The van der Waals surface area contributed by atoms with Gasteiger partial charge in [0.1, 0.15) is 11.9 Å². The Bertz CT molecular complexity index is 494. The smallest absolute Gasteiger partial charge is 0.311 e. The molecule has 0 heterocycles. The van der Waals surface area contributed by atoms with Crippen LogP contribution in [0.3, 0.4) is 0 Å². The molecule has 4 nitrogen and oxygen atoms in total. The number of ether oxygens (including phenoxy) is 2. The lowest BCUT2D eigenvalue weighted by Crippen LogP contribution is -2.23. The van der Waals surface area contributed by atoms with Crippen LogP contribution in [0.15, 0.2) is 24.3 Å². The van der Waals surface area contributed by atoms with Gasteiger partial charge in [-0.15, -0.1) is 0 Å². The molecule has 1 rings (SSSR count). The van der Waals surface area contributed by atoms with Crippen LogP contribution in [0.5, 0.6) is 5.75 Å². The maximum Gasteiger partial charge on any atom is 0.311 e.